The molecule has 0 heterocycles. The van der Waals surface area contributed by atoms with Gasteiger partial charge in [0.1, 0.15) is 0 Å². The second-order valence-corrected chi connectivity index (χ2v) is 9.29. The minimum atomic E-state index is -1.54. The van der Waals surface area contributed by atoms with Crippen molar-refractivity contribution in [2.75, 3.05) is 0 Å². The van der Waals surface area contributed by atoms with Crippen LogP contribution in [0, 0.1) is 51.4 Å². The SMILES string of the molecule is Cc1ccc([C@](O)(C#CC#C[C@](O)(c2ccccc2)c2ccc(C)cc2C)c2ccccc2)c(C)c1. The van der Waals surface area contributed by atoms with Gasteiger partial charge in [0.05, 0.1) is 0 Å². The van der Waals surface area contributed by atoms with Gasteiger partial charge in [0.15, 0.2) is 11.2 Å². The van der Waals surface area contributed by atoms with Gasteiger partial charge in [-0.1, -0.05) is 108 Å². The van der Waals surface area contributed by atoms with Crippen LogP contribution in [0.25, 0.3) is 0 Å². The third kappa shape index (κ3) is 4.98. The summed E-state index contributed by atoms with van der Waals surface area (Å²) in [6.45, 7) is 7.98. The average Bonchev–Trinajstić information content (AvgIpc) is 2.87. The quantitative estimate of drug-likeness (QED) is 0.354. The molecule has 2 nitrogen and oxygen atoms in total. The van der Waals surface area contributed by atoms with Crippen molar-refractivity contribution in [2.45, 2.75) is 38.9 Å². The Morgan fingerprint density at radius 1 is 0.500 bits per heavy atom. The fourth-order valence-electron chi connectivity index (χ4n) is 4.63. The van der Waals surface area contributed by atoms with Crippen LogP contribution in [0.1, 0.15) is 44.5 Å². The minimum absolute atomic E-state index is 0.666. The number of aryl methyl sites for hydroxylation is 4. The van der Waals surface area contributed by atoms with Gasteiger partial charge in [-0.15, -0.1) is 0 Å². The van der Waals surface area contributed by atoms with E-state index in [1.165, 1.54) is 0 Å². The van der Waals surface area contributed by atoms with Crippen molar-refractivity contribution in [2.24, 2.45) is 0 Å². The molecular formula is C34H30O2. The van der Waals surface area contributed by atoms with Crippen molar-refractivity contribution in [1.29, 1.82) is 0 Å². The molecule has 4 aromatic carbocycles. The van der Waals surface area contributed by atoms with Gasteiger partial charge in [-0.2, -0.15) is 0 Å². The highest BCUT2D eigenvalue weighted by molar-refractivity contribution is 5.53. The lowest BCUT2D eigenvalue weighted by Gasteiger charge is -2.26. The molecule has 0 saturated carbocycles. The smallest absolute Gasteiger partial charge is 0.178 e. The van der Waals surface area contributed by atoms with Gasteiger partial charge >= 0.3 is 0 Å². The van der Waals surface area contributed by atoms with E-state index in [1.807, 2.05) is 125 Å². The Labute approximate surface area is 214 Å². The molecule has 0 unspecified atom stereocenters. The number of hydrogen-bond donors (Lipinski definition) is 2. The van der Waals surface area contributed by atoms with Crippen LogP contribution in [0.5, 0.6) is 0 Å². The van der Waals surface area contributed by atoms with Crippen LogP contribution in [0.3, 0.4) is 0 Å². The molecule has 0 aromatic heterocycles. The van der Waals surface area contributed by atoms with E-state index < -0.39 is 11.2 Å². The molecule has 0 amide bonds. The normalized spacial score (nSPS) is 13.8. The van der Waals surface area contributed by atoms with Crippen molar-refractivity contribution < 1.29 is 10.2 Å². The number of aliphatic hydroxyl groups is 2. The summed E-state index contributed by atoms with van der Waals surface area (Å²) in [6, 6.07) is 30.6. The first-order valence-electron chi connectivity index (χ1n) is 12.0. The van der Waals surface area contributed by atoms with Crippen LogP contribution in [-0.2, 0) is 11.2 Å². The molecule has 2 heteroatoms. The topological polar surface area (TPSA) is 40.5 Å². The Morgan fingerprint density at radius 2 is 0.861 bits per heavy atom. The Bertz CT molecular complexity index is 1380. The molecule has 0 fully saturated rings. The zero-order valence-electron chi connectivity index (χ0n) is 21.1. The molecular weight excluding hydrogens is 440 g/mol. The van der Waals surface area contributed by atoms with Crippen LogP contribution in [0.15, 0.2) is 97.1 Å². The minimum Gasteiger partial charge on any atom is -0.369 e. The van der Waals surface area contributed by atoms with Crippen molar-refractivity contribution in [3.63, 3.8) is 0 Å². The summed E-state index contributed by atoms with van der Waals surface area (Å²) in [5.74, 6) is 11.8. The zero-order chi connectivity index (χ0) is 25.8. The van der Waals surface area contributed by atoms with Gasteiger partial charge in [0.2, 0.25) is 0 Å². The fraction of sp³-hybridized carbons (Fsp3) is 0.176. The van der Waals surface area contributed by atoms with Crippen LogP contribution >= 0.6 is 0 Å². The van der Waals surface area contributed by atoms with Crippen LogP contribution in [-0.4, -0.2) is 10.2 Å². The maximum Gasteiger partial charge on any atom is 0.178 e. The summed E-state index contributed by atoms with van der Waals surface area (Å²) in [4.78, 5) is 0. The van der Waals surface area contributed by atoms with Gasteiger partial charge in [-0.05, 0) is 62.5 Å². The van der Waals surface area contributed by atoms with E-state index in [4.69, 9.17) is 0 Å². The van der Waals surface area contributed by atoms with Crippen molar-refractivity contribution in [1.82, 2.24) is 0 Å². The van der Waals surface area contributed by atoms with E-state index in [-0.39, 0.29) is 0 Å². The molecule has 0 spiro atoms. The first kappa shape index (κ1) is 25.0. The zero-order valence-corrected chi connectivity index (χ0v) is 21.1. The predicted octanol–water partition coefficient (Wildman–Crippen LogP) is 6.10. The van der Waals surface area contributed by atoms with E-state index in [1.54, 1.807) is 0 Å². The molecule has 4 aromatic rings. The lowest BCUT2D eigenvalue weighted by molar-refractivity contribution is 0.143. The molecule has 0 aliphatic carbocycles. The van der Waals surface area contributed by atoms with Crippen LogP contribution in [0.2, 0.25) is 0 Å². The van der Waals surface area contributed by atoms with Gasteiger partial charge in [-0.3, -0.25) is 0 Å². The van der Waals surface area contributed by atoms with E-state index in [2.05, 4.69) is 23.7 Å². The van der Waals surface area contributed by atoms with E-state index in [9.17, 15) is 10.2 Å². The number of benzene rings is 4. The molecule has 178 valence electrons. The van der Waals surface area contributed by atoms with Gasteiger partial charge in [0.25, 0.3) is 0 Å². The Balaban J connectivity index is 1.85. The first-order chi connectivity index (χ1) is 17.2. The fourth-order valence-corrected chi connectivity index (χ4v) is 4.63. The molecule has 2 N–H and O–H groups in total. The average molecular weight is 471 g/mol. The highest BCUT2D eigenvalue weighted by Crippen LogP contribution is 2.33. The molecule has 4 rings (SSSR count). The molecule has 0 bridgehead atoms. The van der Waals surface area contributed by atoms with Crippen LogP contribution in [0.4, 0.5) is 0 Å². The highest BCUT2D eigenvalue weighted by atomic mass is 16.3. The Hall–Kier alpha value is -4.08. The number of rotatable bonds is 4. The lowest BCUT2D eigenvalue weighted by atomic mass is 9.83. The molecule has 0 aliphatic heterocycles. The van der Waals surface area contributed by atoms with Crippen molar-refractivity contribution in [3.05, 3.63) is 142 Å². The Kier molecular flexibility index (Phi) is 7.14. The molecule has 2 atom stereocenters. The monoisotopic (exact) mass is 470 g/mol. The summed E-state index contributed by atoms with van der Waals surface area (Å²) in [6.07, 6.45) is 0. The molecule has 0 radical (unpaired) electrons. The van der Waals surface area contributed by atoms with Gasteiger partial charge in [-0.25, -0.2) is 0 Å². The molecule has 0 aliphatic rings. The van der Waals surface area contributed by atoms with Crippen molar-refractivity contribution in [3.8, 4) is 23.7 Å². The maximum atomic E-state index is 11.9. The second kappa shape index (κ2) is 10.3. The largest absolute Gasteiger partial charge is 0.369 e. The third-order valence-corrected chi connectivity index (χ3v) is 6.48. The van der Waals surface area contributed by atoms with E-state index >= 15 is 0 Å². The second-order valence-electron chi connectivity index (χ2n) is 9.29. The maximum absolute atomic E-state index is 11.9. The summed E-state index contributed by atoms with van der Waals surface area (Å²) < 4.78 is 0. The van der Waals surface area contributed by atoms with Gasteiger partial charge in [0, 0.05) is 22.3 Å². The highest BCUT2D eigenvalue weighted by Gasteiger charge is 2.32. The third-order valence-electron chi connectivity index (χ3n) is 6.48. The molecule has 36 heavy (non-hydrogen) atoms. The predicted molar refractivity (Wildman–Crippen MR) is 146 cm³/mol. The summed E-state index contributed by atoms with van der Waals surface area (Å²) in [7, 11) is 0. The van der Waals surface area contributed by atoms with E-state index in [0.717, 1.165) is 22.3 Å². The number of hydrogen-bond acceptors (Lipinski definition) is 2. The summed E-state index contributed by atoms with van der Waals surface area (Å²) >= 11 is 0. The van der Waals surface area contributed by atoms with Crippen LogP contribution < -0.4 is 0 Å². The Morgan fingerprint density at radius 3 is 1.19 bits per heavy atom. The van der Waals surface area contributed by atoms with E-state index in [0.29, 0.717) is 22.3 Å². The van der Waals surface area contributed by atoms with Gasteiger partial charge < -0.3 is 10.2 Å². The lowest BCUT2D eigenvalue weighted by Crippen LogP contribution is -2.27. The standard InChI is InChI=1S/C34H30O2/c1-25-17-19-31(27(3)23-25)33(35,29-13-7-5-8-14-29)21-11-12-22-34(36,30-15-9-6-10-16-30)32-20-18-26(2)24-28(32)4/h5-10,13-20,23-24,35-36H,1-4H3/t33-,34-/m0/s1. The summed E-state index contributed by atoms with van der Waals surface area (Å²) in [5, 5.41) is 23.7. The molecule has 0 saturated heterocycles. The summed E-state index contributed by atoms with van der Waals surface area (Å²) in [5.41, 5.74) is 3.78. The first-order valence-corrected chi connectivity index (χ1v) is 12.0. The van der Waals surface area contributed by atoms with Crippen molar-refractivity contribution >= 4 is 0 Å².